The van der Waals surface area contributed by atoms with Crippen molar-refractivity contribution in [3.8, 4) is 11.4 Å². The molecule has 0 bridgehead atoms. The number of hydrogen-bond acceptors (Lipinski definition) is 7. The van der Waals surface area contributed by atoms with E-state index in [1.54, 1.807) is 23.8 Å². The van der Waals surface area contributed by atoms with E-state index in [9.17, 15) is 4.79 Å². The number of hydrogen-bond donors (Lipinski definition) is 0. The van der Waals surface area contributed by atoms with Gasteiger partial charge in [-0.05, 0) is 30.7 Å². The molecule has 3 heterocycles. The third kappa shape index (κ3) is 4.53. The van der Waals surface area contributed by atoms with E-state index >= 15 is 0 Å². The summed E-state index contributed by atoms with van der Waals surface area (Å²) in [5.74, 6) is 1.31. The zero-order valence-electron chi connectivity index (χ0n) is 15.6. The van der Waals surface area contributed by atoms with Gasteiger partial charge < -0.3 is 9.30 Å². The second-order valence-electron chi connectivity index (χ2n) is 6.24. The molecule has 0 saturated heterocycles. The second kappa shape index (κ2) is 9.08. The van der Waals surface area contributed by atoms with E-state index in [4.69, 9.17) is 16.3 Å². The molecule has 0 unspecified atom stereocenters. The third-order valence-corrected chi connectivity index (χ3v) is 6.26. The molecule has 29 heavy (non-hydrogen) atoms. The summed E-state index contributed by atoms with van der Waals surface area (Å²) in [4.78, 5) is 17.4. The van der Waals surface area contributed by atoms with E-state index in [-0.39, 0.29) is 5.56 Å². The number of nitrogens with zero attached hydrogens (tertiary/aromatic N) is 5. The topological polar surface area (TPSA) is 74.3 Å². The summed E-state index contributed by atoms with van der Waals surface area (Å²) >= 11 is 8.97. The maximum Gasteiger partial charge on any atom is 0.258 e. The van der Waals surface area contributed by atoms with Gasteiger partial charge >= 0.3 is 0 Å². The molecule has 10 heteroatoms. The van der Waals surface area contributed by atoms with Crippen molar-refractivity contribution in [1.82, 2.24) is 24.1 Å². The highest BCUT2D eigenvalue weighted by Crippen LogP contribution is 2.27. The Morgan fingerprint density at radius 1 is 1.24 bits per heavy atom. The molecule has 0 atom stereocenters. The Kier molecular flexibility index (Phi) is 6.29. The van der Waals surface area contributed by atoms with Crippen molar-refractivity contribution in [3.05, 3.63) is 63.0 Å². The molecular weight excluding hydrogens is 430 g/mol. The third-order valence-electron chi connectivity index (χ3n) is 4.25. The molecule has 0 amide bonds. The van der Waals surface area contributed by atoms with Gasteiger partial charge in [0.15, 0.2) is 15.9 Å². The zero-order chi connectivity index (χ0) is 20.2. The largest absolute Gasteiger partial charge is 0.385 e. The Bertz CT molecular complexity index is 1170. The average Bonchev–Trinajstić information content (AvgIpc) is 3.35. The molecule has 0 aliphatic rings. The van der Waals surface area contributed by atoms with Gasteiger partial charge in [-0.1, -0.05) is 23.4 Å². The molecule has 0 fully saturated rings. The summed E-state index contributed by atoms with van der Waals surface area (Å²) in [5.41, 5.74) is 1.60. The number of thioether (sulfide) groups is 1. The summed E-state index contributed by atoms with van der Waals surface area (Å²) in [6, 6.07) is 9.11. The van der Waals surface area contributed by atoms with Crippen LogP contribution in [0.4, 0.5) is 0 Å². The smallest absolute Gasteiger partial charge is 0.258 e. The first kappa shape index (κ1) is 20.1. The van der Waals surface area contributed by atoms with Gasteiger partial charge in [-0.15, -0.1) is 21.5 Å². The predicted molar refractivity (Wildman–Crippen MR) is 116 cm³/mol. The standard InChI is InChI=1S/C19H18ClN5O2S2/c1-27-9-2-7-25-17(13-3-5-14(20)6-4-13)22-23-19(25)29-12-15-11-16(26)24-8-10-28-18(24)21-15/h3-6,8,10-11H,2,7,9,12H2,1H3. The van der Waals surface area contributed by atoms with Crippen molar-refractivity contribution in [2.45, 2.75) is 23.9 Å². The molecule has 1 aromatic carbocycles. The van der Waals surface area contributed by atoms with Crippen LogP contribution in [0.15, 0.2) is 51.9 Å². The van der Waals surface area contributed by atoms with Crippen LogP contribution in [0.1, 0.15) is 12.1 Å². The minimum atomic E-state index is -0.0738. The van der Waals surface area contributed by atoms with Crippen LogP contribution in [0, 0.1) is 0 Å². The van der Waals surface area contributed by atoms with Gasteiger partial charge in [0, 0.05) is 54.2 Å². The van der Waals surface area contributed by atoms with E-state index < -0.39 is 0 Å². The van der Waals surface area contributed by atoms with Crippen molar-refractivity contribution in [3.63, 3.8) is 0 Å². The number of halogens is 1. The quantitative estimate of drug-likeness (QED) is 0.300. The van der Waals surface area contributed by atoms with Gasteiger partial charge in [-0.3, -0.25) is 9.20 Å². The maximum atomic E-state index is 12.2. The lowest BCUT2D eigenvalue weighted by molar-refractivity contribution is 0.189. The fourth-order valence-corrected chi connectivity index (χ4v) is 4.60. The number of methoxy groups -OCH3 is 1. The molecule has 0 N–H and O–H groups in total. The van der Waals surface area contributed by atoms with E-state index in [0.29, 0.717) is 22.3 Å². The number of aromatic nitrogens is 5. The summed E-state index contributed by atoms with van der Waals surface area (Å²) in [6.45, 7) is 1.37. The van der Waals surface area contributed by atoms with Gasteiger partial charge in [0.2, 0.25) is 0 Å². The van der Waals surface area contributed by atoms with Crippen molar-refractivity contribution >= 4 is 39.7 Å². The summed E-state index contributed by atoms with van der Waals surface area (Å²) in [5, 5.41) is 12.1. The van der Waals surface area contributed by atoms with Crippen LogP contribution in [-0.2, 0) is 17.0 Å². The van der Waals surface area contributed by atoms with Crippen LogP contribution in [0.5, 0.6) is 0 Å². The van der Waals surface area contributed by atoms with Gasteiger partial charge in [-0.2, -0.15) is 0 Å². The van der Waals surface area contributed by atoms with Crippen molar-refractivity contribution < 1.29 is 4.74 Å². The first-order valence-corrected chi connectivity index (χ1v) is 11.2. The molecule has 150 valence electrons. The number of thiazole rings is 1. The molecule has 0 radical (unpaired) electrons. The lowest BCUT2D eigenvalue weighted by atomic mass is 10.2. The van der Waals surface area contributed by atoms with E-state index in [1.165, 1.54) is 23.1 Å². The monoisotopic (exact) mass is 447 g/mol. The van der Waals surface area contributed by atoms with Gasteiger partial charge in [0.1, 0.15) is 0 Å². The van der Waals surface area contributed by atoms with Gasteiger partial charge in [0.25, 0.3) is 5.56 Å². The lowest BCUT2D eigenvalue weighted by Crippen LogP contribution is -2.12. The van der Waals surface area contributed by atoms with E-state index in [2.05, 4.69) is 19.7 Å². The predicted octanol–water partition coefficient (Wildman–Crippen LogP) is 4.00. The molecular formula is C19H18ClN5O2S2. The number of ether oxygens (including phenoxy) is 1. The van der Waals surface area contributed by atoms with Crippen LogP contribution in [0.2, 0.25) is 5.02 Å². The Hall–Kier alpha value is -2.20. The van der Waals surface area contributed by atoms with Crippen LogP contribution in [0.25, 0.3) is 16.3 Å². The fourth-order valence-electron chi connectivity index (χ4n) is 2.88. The molecule has 0 spiro atoms. The van der Waals surface area contributed by atoms with E-state index in [0.717, 1.165) is 35.2 Å². The normalized spacial score (nSPS) is 11.4. The average molecular weight is 448 g/mol. The summed E-state index contributed by atoms with van der Waals surface area (Å²) < 4.78 is 8.81. The Labute approximate surface area is 180 Å². The molecule has 0 saturated carbocycles. The van der Waals surface area contributed by atoms with Crippen LogP contribution in [0.3, 0.4) is 0 Å². The minimum absolute atomic E-state index is 0.0738. The van der Waals surface area contributed by atoms with Crippen molar-refractivity contribution in [1.29, 1.82) is 0 Å². The molecule has 4 aromatic rings. The maximum absolute atomic E-state index is 12.2. The van der Waals surface area contributed by atoms with Gasteiger partial charge in [0.05, 0.1) is 5.69 Å². The Morgan fingerprint density at radius 3 is 2.86 bits per heavy atom. The Morgan fingerprint density at radius 2 is 2.07 bits per heavy atom. The first-order chi connectivity index (χ1) is 14.2. The first-order valence-electron chi connectivity index (χ1n) is 8.92. The Balaban J connectivity index is 1.59. The van der Waals surface area contributed by atoms with Crippen LogP contribution >= 0.6 is 34.7 Å². The highest BCUT2D eigenvalue weighted by molar-refractivity contribution is 7.98. The highest BCUT2D eigenvalue weighted by atomic mass is 35.5. The molecule has 7 nitrogen and oxygen atoms in total. The molecule has 0 aliphatic carbocycles. The van der Waals surface area contributed by atoms with Gasteiger partial charge in [-0.25, -0.2) is 4.98 Å². The van der Waals surface area contributed by atoms with Crippen molar-refractivity contribution in [2.24, 2.45) is 0 Å². The lowest BCUT2D eigenvalue weighted by Gasteiger charge is -2.10. The minimum Gasteiger partial charge on any atom is -0.385 e. The highest BCUT2D eigenvalue weighted by Gasteiger charge is 2.15. The van der Waals surface area contributed by atoms with Crippen LogP contribution < -0.4 is 5.56 Å². The summed E-state index contributed by atoms with van der Waals surface area (Å²) in [7, 11) is 1.69. The van der Waals surface area contributed by atoms with Crippen LogP contribution in [-0.4, -0.2) is 37.9 Å². The van der Waals surface area contributed by atoms with E-state index in [1.807, 2.05) is 29.6 Å². The zero-order valence-corrected chi connectivity index (χ0v) is 18.0. The summed E-state index contributed by atoms with van der Waals surface area (Å²) in [6.07, 6.45) is 2.57. The number of benzene rings is 1. The fraction of sp³-hybridized carbons (Fsp3) is 0.263. The number of rotatable bonds is 8. The van der Waals surface area contributed by atoms with Crippen molar-refractivity contribution in [2.75, 3.05) is 13.7 Å². The second-order valence-corrected chi connectivity index (χ2v) is 8.49. The molecule has 3 aromatic heterocycles. The SMILES string of the molecule is COCCCn1c(SCc2cc(=O)n3ccsc3n2)nnc1-c1ccc(Cl)cc1. The number of fused-ring (bicyclic) bond motifs is 1. The molecule has 4 rings (SSSR count). The molecule has 0 aliphatic heterocycles.